The number of ether oxygens (including phenoxy) is 2. The number of benzene rings is 2. The fourth-order valence-electron chi connectivity index (χ4n) is 3.46. The number of methoxy groups -OCH3 is 2. The first-order valence-electron chi connectivity index (χ1n) is 9.84. The maximum absolute atomic E-state index is 12.6. The topological polar surface area (TPSA) is 92.3 Å². The van der Waals surface area contributed by atoms with Crippen molar-refractivity contribution in [2.45, 2.75) is 25.9 Å². The SMILES string of the molecule is COc1cc(-n2cnc3cc(-c4nnc(C)o4)ccc32)cc(OC)c1C(=O)CCC(F)(F)F. The molecule has 0 radical (unpaired) electrons. The van der Waals surface area contributed by atoms with Gasteiger partial charge in [-0.3, -0.25) is 9.36 Å². The molecule has 33 heavy (non-hydrogen) atoms. The Morgan fingerprint density at radius 2 is 1.79 bits per heavy atom. The van der Waals surface area contributed by atoms with Gasteiger partial charge < -0.3 is 13.9 Å². The first-order valence-corrected chi connectivity index (χ1v) is 9.84. The fraction of sp³-hybridized carbons (Fsp3) is 0.273. The number of rotatable bonds is 7. The number of imidazole rings is 1. The van der Waals surface area contributed by atoms with Gasteiger partial charge in [0.25, 0.3) is 0 Å². The van der Waals surface area contributed by atoms with Gasteiger partial charge in [0.15, 0.2) is 5.78 Å². The van der Waals surface area contributed by atoms with Gasteiger partial charge in [-0.1, -0.05) is 0 Å². The molecular formula is C22H19F3N4O4. The van der Waals surface area contributed by atoms with E-state index in [2.05, 4.69) is 15.2 Å². The van der Waals surface area contributed by atoms with Crippen LogP contribution in [0.25, 0.3) is 28.2 Å². The molecule has 2 aromatic heterocycles. The van der Waals surface area contributed by atoms with Gasteiger partial charge in [0.2, 0.25) is 11.8 Å². The lowest BCUT2D eigenvalue weighted by Crippen LogP contribution is -2.13. The van der Waals surface area contributed by atoms with E-state index in [0.717, 1.165) is 5.52 Å². The second-order valence-corrected chi connectivity index (χ2v) is 7.21. The van der Waals surface area contributed by atoms with Crippen molar-refractivity contribution in [1.29, 1.82) is 0 Å². The molecule has 8 nitrogen and oxygen atoms in total. The largest absolute Gasteiger partial charge is 0.496 e. The summed E-state index contributed by atoms with van der Waals surface area (Å²) in [6.07, 6.45) is -4.80. The lowest BCUT2D eigenvalue weighted by molar-refractivity contribution is -0.133. The Morgan fingerprint density at radius 1 is 1.09 bits per heavy atom. The van der Waals surface area contributed by atoms with Crippen molar-refractivity contribution in [3.63, 3.8) is 0 Å². The number of carbonyl (C=O) groups is 1. The van der Waals surface area contributed by atoms with Crippen LogP contribution in [-0.4, -0.2) is 45.9 Å². The van der Waals surface area contributed by atoms with Crippen LogP contribution in [0.15, 0.2) is 41.1 Å². The molecule has 11 heteroatoms. The molecule has 0 aliphatic heterocycles. The smallest absolute Gasteiger partial charge is 0.389 e. The summed E-state index contributed by atoms with van der Waals surface area (Å²) in [6, 6.07) is 8.53. The van der Waals surface area contributed by atoms with Gasteiger partial charge in [-0.25, -0.2) is 4.98 Å². The molecule has 0 spiro atoms. The molecule has 2 aromatic carbocycles. The third-order valence-corrected chi connectivity index (χ3v) is 5.00. The van der Waals surface area contributed by atoms with Gasteiger partial charge >= 0.3 is 6.18 Å². The van der Waals surface area contributed by atoms with Gasteiger partial charge in [-0.15, -0.1) is 10.2 Å². The summed E-state index contributed by atoms with van der Waals surface area (Å²) in [7, 11) is 2.67. The Labute approximate surface area is 186 Å². The molecule has 2 heterocycles. The maximum atomic E-state index is 12.6. The van der Waals surface area contributed by atoms with Crippen molar-refractivity contribution < 1.29 is 31.9 Å². The van der Waals surface area contributed by atoms with Gasteiger partial charge in [0.05, 0.1) is 37.4 Å². The molecule has 0 amide bonds. The van der Waals surface area contributed by atoms with Crippen molar-refractivity contribution in [3.8, 4) is 28.6 Å². The van der Waals surface area contributed by atoms with Crippen LogP contribution in [0, 0.1) is 6.92 Å². The Morgan fingerprint density at radius 3 is 2.36 bits per heavy atom. The van der Waals surface area contributed by atoms with Crippen molar-refractivity contribution in [1.82, 2.24) is 19.7 Å². The van der Waals surface area contributed by atoms with Crippen molar-refractivity contribution in [2.75, 3.05) is 14.2 Å². The highest BCUT2D eigenvalue weighted by Crippen LogP contribution is 2.36. The summed E-state index contributed by atoms with van der Waals surface area (Å²) in [6.45, 7) is 1.70. The first kappa shape index (κ1) is 22.3. The standard InChI is InChI=1S/C22H19F3N4O4/c1-12-27-28-21(33-12)13-4-5-16-15(8-13)26-11-29(16)14-9-18(31-2)20(19(10-14)32-3)17(30)6-7-22(23,24)25/h4-5,8-11H,6-7H2,1-3H3. The van der Waals surface area contributed by atoms with Crippen LogP contribution in [0.1, 0.15) is 29.1 Å². The summed E-state index contributed by atoms with van der Waals surface area (Å²) >= 11 is 0. The lowest BCUT2D eigenvalue weighted by atomic mass is 10.0. The summed E-state index contributed by atoms with van der Waals surface area (Å²) < 4.78 is 55.6. The fourth-order valence-corrected chi connectivity index (χ4v) is 3.46. The lowest BCUT2D eigenvalue weighted by Gasteiger charge is -2.16. The highest BCUT2D eigenvalue weighted by molar-refractivity contribution is 6.02. The molecule has 0 aliphatic rings. The molecule has 0 atom stereocenters. The second kappa shape index (κ2) is 8.57. The average molecular weight is 460 g/mol. The predicted molar refractivity (Wildman–Crippen MR) is 112 cm³/mol. The van der Waals surface area contributed by atoms with Crippen LogP contribution in [0.4, 0.5) is 13.2 Å². The molecule has 0 saturated heterocycles. The van der Waals surface area contributed by atoms with Crippen LogP contribution in [0.2, 0.25) is 0 Å². The third kappa shape index (κ3) is 4.52. The first-order chi connectivity index (χ1) is 15.7. The van der Waals surface area contributed by atoms with Crippen LogP contribution >= 0.6 is 0 Å². The molecule has 0 saturated carbocycles. The molecule has 4 aromatic rings. The molecule has 0 unspecified atom stereocenters. The van der Waals surface area contributed by atoms with E-state index >= 15 is 0 Å². The van der Waals surface area contributed by atoms with E-state index in [1.807, 2.05) is 6.07 Å². The molecule has 0 aliphatic carbocycles. The van der Waals surface area contributed by atoms with E-state index in [4.69, 9.17) is 13.9 Å². The number of hydrogen-bond acceptors (Lipinski definition) is 7. The number of hydrogen-bond donors (Lipinski definition) is 0. The number of aromatic nitrogens is 4. The molecule has 172 valence electrons. The molecule has 0 N–H and O–H groups in total. The van der Waals surface area contributed by atoms with Crippen molar-refractivity contribution in [3.05, 3.63) is 48.1 Å². The number of Topliss-reactive ketones (excluding diaryl/α,β-unsaturated/α-hetero) is 1. The summed E-state index contributed by atoms with van der Waals surface area (Å²) in [5.74, 6) is 0.309. The van der Waals surface area contributed by atoms with E-state index < -0.39 is 24.8 Å². The monoisotopic (exact) mass is 460 g/mol. The highest BCUT2D eigenvalue weighted by atomic mass is 19.4. The minimum absolute atomic E-state index is 0.0357. The second-order valence-electron chi connectivity index (χ2n) is 7.21. The quantitative estimate of drug-likeness (QED) is 0.361. The third-order valence-electron chi connectivity index (χ3n) is 5.00. The number of aryl methyl sites for hydroxylation is 1. The Kier molecular flexibility index (Phi) is 5.79. The molecular weight excluding hydrogens is 441 g/mol. The van der Waals surface area contributed by atoms with Gasteiger partial charge in [-0.05, 0) is 18.2 Å². The van der Waals surface area contributed by atoms with E-state index in [0.29, 0.717) is 28.5 Å². The summed E-state index contributed by atoms with van der Waals surface area (Å²) in [4.78, 5) is 16.9. The number of carbonyl (C=O) groups excluding carboxylic acids is 1. The van der Waals surface area contributed by atoms with E-state index in [1.165, 1.54) is 14.2 Å². The number of ketones is 1. The highest BCUT2D eigenvalue weighted by Gasteiger charge is 2.30. The van der Waals surface area contributed by atoms with Crippen molar-refractivity contribution in [2.24, 2.45) is 0 Å². The Balaban J connectivity index is 1.74. The van der Waals surface area contributed by atoms with Crippen LogP contribution in [0.5, 0.6) is 11.5 Å². The van der Waals surface area contributed by atoms with Gasteiger partial charge in [-0.2, -0.15) is 13.2 Å². The number of alkyl halides is 3. The number of nitrogens with zero attached hydrogens (tertiary/aromatic N) is 4. The zero-order valence-electron chi connectivity index (χ0n) is 17.9. The Hall–Kier alpha value is -3.89. The van der Waals surface area contributed by atoms with Crippen LogP contribution in [-0.2, 0) is 0 Å². The minimum atomic E-state index is -4.44. The van der Waals surface area contributed by atoms with Crippen LogP contribution in [0.3, 0.4) is 0 Å². The number of halogens is 3. The maximum Gasteiger partial charge on any atom is 0.389 e. The predicted octanol–water partition coefficient (Wildman–Crippen LogP) is 4.93. The average Bonchev–Trinajstić information content (AvgIpc) is 3.41. The van der Waals surface area contributed by atoms with Crippen molar-refractivity contribution >= 4 is 16.8 Å². The Bertz CT molecular complexity index is 1300. The van der Waals surface area contributed by atoms with E-state index in [-0.39, 0.29) is 17.1 Å². The zero-order valence-corrected chi connectivity index (χ0v) is 17.9. The molecule has 4 rings (SSSR count). The van der Waals surface area contributed by atoms with E-state index in [1.54, 1.807) is 42.1 Å². The molecule has 0 fully saturated rings. The minimum Gasteiger partial charge on any atom is -0.496 e. The van der Waals surface area contributed by atoms with E-state index in [9.17, 15) is 18.0 Å². The normalized spacial score (nSPS) is 11.7. The zero-order chi connectivity index (χ0) is 23.8. The van der Waals surface area contributed by atoms with Gasteiger partial charge in [0.1, 0.15) is 23.4 Å². The van der Waals surface area contributed by atoms with Crippen LogP contribution < -0.4 is 9.47 Å². The van der Waals surface area contributed by atoms with Gasteiger partial charge in [0, 0.05) is 31.0 Å². The summed E-state index contributed by atoms with van der Waals surface area (Å²) in [5.41, 5.74) is 2.60. The summed E-state index contributed by atoms with van der Waals surface area (Å²) in [5, 5.41) is 7.83. The number of fused-ring (bicyclic) bond motifs is 1. The molecule has 0 bridgehead atoms.